The molecule has 3 aromatic rings. The van der Waals surface area contributed by atoms with E-state index in [9.17, 15) is 14.7 Å². The average molecular weight is 567 g/mol. The second kappa shape index (κ2) is 10.8. The molecular formula is C28H38N8O5. The van der Waals surface area contributed by atoms with Crippen LogP contribution in [0.5, 0.6) is 0 Å². The van der Waals surface area contributed by atoms with Crippen LogP contribution in [0.4, 0.5) is 21.1 Å². The van der Waals surface area contributed by atoms with E-state index in [1.54, 1.807) is 44.5 Å². The Bertz CT molecular complexity index is 1440. The van der Waals surface area contributed by atoms with Gasteiger partial charge in [0.2, 0.25) is 0 Å². The monoisotopic (exact) mass is 566 g/mol. The first kappa shape index (κ1) is 28.6. The number of benzene rings is 1. The van der Waals surface area contributed by atoms with Gasteiger partial charge in [-0.3, -0.25) is 0 Å². The maximum Gasteiger partial charge on any atom is 0.410 e. The van der Waals surface area contributed by atoms with Gasteiger partial charge in [0.25, 0.3) is 0 Å². The molecule has 13 heteroatoms. The third-order valence-corrected chi connectivity index (χ3v) is 7.05. The minimum absolute atomic E-state index is 0.0539. The van der Waals surface area contributed by atoms with E-state index in [0.717, 1.165) is 5.56 Å². The summed E-state index contributed by atoms with van der Waals surface area (Å²) in [5.74, 6) is 1.54. The van der Waals surface area contributed by atoms with E-state index in [2.05, 4.69) is 22.5 Å². The lowest BCUT2D eigenvalue weighted by Gasteiger charge is -2.45. The van der Waals surface area contributed by atoms with Crippen molar-refractivity contribution in [2.45, 2.75) is 51.9 Å². The summed E-state index contributed by atoms with van der Waals surface area (Å²) >= 11 is 0. The number of hydrogen-bond donors (Lipinski definition) is 3. The molecule has 2 aromatic heterocycles. The molecule has 0 bridgehead atoms. The number of morpholine rings is 1. The zero-order chi connectivity index (χ0) is 29.5. The first-order valence-corrected chi connectivity index (χ1v) is 13.8. The largest absolute Gasteiger partial charge is 0.444 e. The highest BCUT2D eigenvalue weighted by molar-refractivity contribution is 5.90. The Morgan fingerprint density at radius 3 is 2.51 bits per heavy atom. The van der Waals surface area contributed by atoms with Gasteiger partial charge in [-0.1, -0.05) is 0 Å². The number of aryl methyl sites for hydroxylation is 1. The molecule has 3 amide bonds. The molecule has 2 fully saturated rings. The zero-order valence-corrected chi connectivity index (χ0v) is 24.4. The number of likely N-dealkylation sites (tertiary alicyclic amines) is 1. The zero-order valence-electron chi connectivity index (χ0n) is 24.4. The number of nitrogens with one attached hydrogen (secondary N) is 2. The molecule has 5 rings (SSSR count). The molecule has 13 nitrogen and oxygen atoms in total. The molecule has 2 aliphatic heterocycles. The van der Waals surface area contributed by atoms with Gasteiger partial charge in [0, 0.05) is 31.4 Å². The minimum Gasteiger partial charge on any atom is -0.444 e. The normalized spacial score (nSPS) is 18.7. The Morgan fingerprint density at radius 1 is 1.17 bits per heavy atom. The average Bonchev–Trinajstić information content (AvgIpc) is 3.23. The van der Waals surface area contributed by atoms with Gasteiger partial charge in [-0.2, -0.15) is 0 Å². The number of rotatable bonds is 5. The van der Waals surface area contributed by atoms with Gasteiger partial charge >= 0.3 is 12.1 Å². The van der Waals surface area contributed by atoms with E-state index >= 15 is 0 Å². The van der Waals surface area contributed by atoms with Crippen LogP contribution in [0.2, 0.25) is 0 Å². The SMILES string of the molecule is CCNC(=O)Nc1ccc(-c2nc(N3CCOCC3C)c3nc(C4(O)CN(C(=O)OC(C)(C)C)C4)n(C)c3n2)cc1. The van der Waals surface area contributed by atoms with Crippen LogP contribution in [0.1, 0.15) is 40.4 Å². The number of carbonyl (C=O) groups excluding carboxylic acids is 2. The second-order valence-corrected chi connectivity index (χ2v) is 11.6. The highest BCUT2D eigenvalue weighted by Gasteiger charge is 2.50. The first-order valence-electron chi connectivity index (χ1n) is 13.8. The quantitative estimate of drug-likeness (QED) is 0.424. The summed E-state index contributed by atoms with van der Waals surface area (Å²) in [5.41, 5.74) is 0.552. The molecule has 41 heavy (non-hydrogen) atoms. The molecule has 0 saturated carbocycles. The van der Waals surface area contributed by atoms with Gasteiger partial charge in [-0.15, -0.1) is 0 Å². The molecule has 4 heterocycles. The van der Waals surface area contributed by atoms with Crippen molar-refractivity contribution in [3.63, 3.8) is 0 Å². The lowest BCUT2D eigenvalue weighted by atomic mass is 9.93. The lowest BCUT2D eigenvalue weighted by molar-refractivity contribution is -0.109. The number of carbonyl (C=O) groups is 2. The summed E-state index contributed by atoms with van der Waals surface area (Å²) < 4.78 is 12.9. The van der Waals surface area contributed by atoms with E-state index < -0.39 is 17.3 Å². The van der Waals surface area contributed by atoms with E-state index in [-0.39, 0.29) is 25.2 Å². The molecule has 2 saturated heterocycles. The summed E-state index contributed by atoms with van der Waals surface area (Å²) in [6.07, 6.45) is -0.476. The fraction of sp³-hybridized carbons (Fsp3) is 0.536. The fourth-order valence-electron chi connectivity index (χ4n) is 5.05. The van der Waals surface area contributed by atoms with Crippen LogP contribution in [-0.2, 0) is 22.1 Å². The molecule has 1 unspecified atom stereocenters. The number of β-amino-alcohol motifs (C(OH)–C–C–N with tert-alkyl or cyclic N) is 1. The van der Waals surface area contributed by atoms with Gasteiger partial charge in [-0.05, 0) is 58.9 Å². The van der Waals surface area contributed by atoms with Crippen molar-refractivity contribution in [1.29, 1.82) is 0 Å². The smallest absolute Gasteiger partial charge is 0.410 e. The Balaban J connectivity index is 1.51. The van der Waals surface area contributed by atoms with Crippen molar-refractivity contribution in [2.24, 2.45) is 7.05 Å². The molecule has 0 aliphatic carbocycles. The van der Waals surface area contributed by atoms with Crippen LogP contribution in [0.25, 0.3) is 22.6 Å². The number of fused-ring (bicyclic) bond motifs is 1. The van der Waals surface area contributed by atoms with Gasteiger partial charge in [0.15, 0.2) is 28.4 Å². The Kier molecular flexibility index (Phi) is 7.51. The molecule has 1 atom stereocenters. The predicted octanol–water partition coefficient (Wildman–Crippen LogP) is 2.84. The van der Waals surface area contributed by atoms with E-state index in [0.29, 0.717) is 60.6 Å². The number of ether oxygens (including phenoxy) is 2. The van der Waals surface area contributed by atoms with Crippen LogP contribution in [0.3, 0.4) is 0 Å². The Labute approximate surface area is 238 Å². The van der Waals surface area contributed by atoms with Crippen LogP contribution in [0, 0.1) is 0 Å². The van der Waals surface area contributed by atoms with Gasteiger partial charge < -0.3 is 39.6 Å². The molecule has 3 N–H and O–H groups in total. The van der Waals surface area contributed by atoms with Crippen LogP contribution in [0.15, 0.2) is 24.3 Å². The van der Waals surface area contributed by atoms with Gasteiger partial charge in [-0.25, -0.2) is 24.5 Å². The molecule has 2 aliphatic rings. The number of nitrogens with zero attached hydrogens (tertiary/aromatic N) is 6. The van der Waals surface area contributed by atoms with Crippen molar-refractivity contribution in [3.05, 3.63) is 30.1 Å². The van der Waals surface area contributed by atoms with Gasteiger partial charge in [0.05, 0.1) is 32.3 Å². The van der Waals surface area contributed by atoms with Crippen LogP contribution >= 0.6 is 0 Å². The van der Waals surface area contributed by atoms with Crippen molar-refractivity contribution >= 4 is 34.8 Å². The van der Waals surface area contributed by atoms with E-state index in [4.69, 9.17) is 24.4 Å². The summed E-state index contributed by atoms with van der Waals surface area (Å²) in [6, 6.07) is 7.08. The van der Waals surface area contributed by atoms with Crippen LogP contribution < -0.4 is 15.5 Å². The second-order valence-electron chi connectivity index (χ2n) is 11.6. The Morgan fingerprint density at radius 2 is 1.88 bits per heavy atom. The van der Waals surface area contributed by atoms with Crippen molar-refractivity contribution < 1.29 is 24.2 Å². The molecular weight excluding hydrogens is 528 g/mol. The maximum atomic E-state index is 12.5. The van der Waals surface area contributed by atoms with Crippen molar-refractivity contribution in [3.8, 4) is 11.4 Å². The summed E-state index contributed by atoms with van der Waals surface area (Å²) in [6.45, 7) is 11.7. The number of amides is 3. The number of aromatic nitrogens is 4. The highest BCUT2D eigenvalue weighted by atomic mass is 16.6. The van der Waals surface area contributed by atoms with E-state index in [1.807, 2.05) is 19.1 Å². The number of anilines is 2. The maximum absolute atomic E-state index is 12.5. The molecule has 220 valence electrons. The summed E-state index contributed by atoms with van der Waals surface area (Å²) in [7, 11) is 1.81. The minimum atomic E-state index is -1.35. The van der Waals surface area contributed by atoms with Gasteiger partial charge in [0.1, 0.15) is 11.4 Å². The number of urea groups is 1. The van der Waals surface area contributed by atoms with Crippen molar-refractivity contribution in [1.82, 2.24) is 29.7 Å². The number of hydrogen-bond acceptors (Lipinski definition) is 9. The topological polar surface area (TPSA) is 147 Å². The van der Waals surface area contributed by atoms with Crippen LogP contribution in [-0.4, -0.2) is 92.7 Å². The first-order chi connectivity index (χ1) is 19.4. The number of aliphatic hydroxyl groups is 1. The molecule has 0 radical (unpaired) electrons. The third kappa shape index (κ3) is 5.77. The number of imidazole rings is 1. The van der Waals surface area contributed by atoms with E-state index in [1.165, 1.54) is 4.90 Å². The summed E-state index contributed by atoms with van der Waals surface area (Å²) in [5, 5.41) is 17.0. The molecule has 1 aromatic carbocycles. The summed E-state index contributed by atoms with van der Waals surface area (Å²) in [4.78, 5) is 42.7. The highest BCUT2D eigenvalue weighted by Crippen LogP contribution is 2.36. The standard InChI is InChI=1S/C28H38N8O5/c1-7-29-25(37)30-19-10-8-18(9-11-19)21-32-22-20(23(33-21)36-12-13-40-14-17(36)2)31-24(34(22)6)28(39)15-35(16-28)26(38)41-27(3,4)5/h8-11,17,39H,7,12-16H2,1-6H3,(H2,29,30,37). The third-order valence-electron chi connectivity index (χ3n) is 7.05. The predicted molar refractivity (Wildman–Crippen MR) is 154 cm³/mol. The lowest BCUT2D eigenvalue weighted by Crippen LogP contribution is -2.62. The molecule has 0 spiro atoms. The van der Waals surface area contributed by atoms with Crippen molar-refractivity contribution in [2.75, 3.05) is 49.6 Å². The Hall–Kier alpha value is -3.97. The fourth-order valence-corrected chi connectivity index (χ4v) is 5.05.